The van der Waals surface area contributed by atoms with Crippen molar-refractivity contribution in [2.45, 2.75) is 32.5 Å². The fraction of sp³-hybridized carbons (Fsp3) is 0.368. The first-order valence-electron chi connectivity index (χ1n) is 7.94. The van der Waals surface area contributed by atoms with E-state index in [4.69, 9.17) is 21.1 Å². The molecule has 2 N–H and O–H groups in total. The van der Waals surface area contributed by atoms with Crippen LogP contribution >= 0.6 is 24.0 Å². The molecule has 0 amide bonds. The summed E-state index contributed by atoms with van der Waals surface area (Å²) >= 11 is 6.01. The van der Waals surface area contributed by atoms with Crippen LogP contribution in [-0.2, 0) is 13.2 Å². The van der Waals surface area contributed by atoms with Crippen LogP contribution in [0.5, 0.6) is 11.5 Å². The fourth-order valence-corrected chi connectivity index (χ4v) is 2.35. The van der Waals surface area contributed by atoms with E-state index in [1.807, 2.05) is 32.0 Å². The Morgan fingerprint density at radius 3 is 2.50 bits per heavy atom. The largest absolute Gasteiger partial charge is 0.493 e. The molecule has 0 aliphatic carbocycles. The van der Waals surface area contributed by atoms with Crippen molar-refractivity contribution in [2.24, 2.45) is 0 Å². The van der Waals surface area contributed by atoms with E-state index in [1.54, 1.807) is 13.2 Å². The van der Waals surface area contributed by atoms with E-state index in [0.717, 1.165) is 5.56 Å². The zero-order valence-electron chi connectivity index (χ0n) is 15.0. The lowest BCUT2D eigenvalue weighted by Crippen LogP contribution is -2.42. The van der Waals surface area contributed by atoms with Gasteiger partial charge in [0, 0.05) is 17.6 Å². The topological polar surface area (TPSA) is 50.7 Å². The van der Waals surface area contributed by atoms with Crippen LogP contribution in [0.15, 0.2) is 36.4 Å². The maximum Gasteiger partial charge on any atom is 0.161 e. The highest BCUT2D eigenvalue weighted by Crippen LogP contribution is 2.30. The number of ether oxygens (including phenoxy) is 2. The molecule has 2 aromatic rings. The van der Waals surface area contributed by atoms with Gasteiger partial charge in [-0.25, -0.2) is 4.39 Å². The first-order chi connectivity index (χ1) is 11.8. The molecular formula is C19H24Cl2FNO3. The number of hydrogen-bond donors (Lipinski definition) is 2. The highest BCUT2D eigenvalue weighted by Gasteiger charge is 2.15. The third-order valence-electron chi connectivity index (χ3n) is 3.79. The van der Waals surface area contributed by atoms with Crippen LogP contribution in [0, 0.1) is 5.82 Å². The van der Waals surface area contributed by atoms with Crippen molar-refractivity contribution in [2.75, 3.05) is 13.7 Å². The number of rotatable bonds is 8. The average molecular weight is 404 g/mol. The van der Waals surface area contributed by atoms with Crippen molar-refractivity contribution in [3.05, 3.63) is 58.4 Å². The Kier molecular flexibility index (Phi) is 8.63. The summed E-state index contributed by atoms with van der Waals surface area (Å²) in [7, 11) is 1.57. The molecule has 0 saturated carbocycles. The average Bonchev–Trinajstić information content (AvgIpc) is 2.59. The summed E-state index contributed by atoms with van der Waals surface area (Å²) in [5, 5.41) is 12.9. The van der Waals surface area contributed by atoms with Gasteiger partial charge in [0.25, 0.3) is 0 Å². The lowest BCUT2D eigenvalue weighted by Gasteiger charge is -2.23. The number of aliphatic hydroxyl groups excluding tert-OH is 1. The van der Waals surface area contributed by atoms with E-state index in [9.17, 15) is 9.50 Å². The Morgan fingerprint density at radius 1 is 1.15 bits per heavy atom. The minimum atomic E-state index is -0.381. The van der Waals surface area contributed by atoms with E-state index >= 15 is 0 Å². The predicted molar refractivity (Wildman–Crippen MR) is 104 cm³/mol. The molecule has 0 saturated heterocycles. The molecule has 2 aromatic carbocycles. The van der Waals surface area contributed by atoms with Gasteiger partial charge in [-0.2, -0.15) is 0 Å². The summed E-state index contributed by atoms with van der Waals surface area (Å²) in [6.07, 6.45) is 0. The normalized spacial score (nSPS) is 11.0. The predicted octanol–water partition coefficient (Wildman–Crippen LogP) is 4.35. The Hall–Kier alpha value is -1.53. The fourth-order valence-electron chi connectivity index (χ4n) is 2.13. The molecule has 0 aromatic heterocycles. The molecular weight excluding hydrogens is 380 g/mol. The number of halogens is 3. The monoisotopic (exact) mass is 403 g/mol. The first-order valence-corrected chi connectivity index (χ1v) is 8.32. The van der Waals surface area contributed by atoms with Crippen molar-refractivity contribution in [1.29, 1.82) is 0 Å². The maximum absolute atomic E-state index is 13.1. The van der Waals surface area contributed by atoms with E-state index in [-0.39, 0.29) is 37.0 Å². The molecule has 0 heterocycles. The van der Waals surface area contributed by atoms with Crippen molar-refractivity contribution in [1.82, 2.24) is 5.32 Å². The lowest BCUT2D eigenvalue weighted by atomic mass is 10.1. The summed E-state index contributed by atoms with van der Waals surface area (Å²) in [4.78, 5) is 0. The van der Waals surface area contributed by atoms with E-state index in [2.05, 4.69) is 5.32 Å². The minimum absolute atomic E-state index is 0. The summed E-state index contributed by atoms with van der Waals surface area (Å²) in [6, 6.07) is 9.82. The molecule has 0 radical (unpaired) electrons. The van der Waals surface area contributed by atoms with Crippen molar-refractivity contribution in [3.8, 4) is 11.5 Å². The Morgan fingerprint density at radius 2 is 1.88 bits per heavy atom. The Bertz CT molecular complexity index is 726. The van der Waals surface area contributed by atoms with Crippen molar-refractivity contribution >= 4 is 24.0 Å². The van der Waals surface area contributed by atoms with Crippen molar-refractivity contribution < 1.29 is 19.0 Å². The summed E-state index contributed by atoms with van der Waals surface area (Å²) < 4.78 is 24.2. The van der Waals surface area contributed by atoms with Gasteiger partial charge in [-0.15, -0.1) is 12.4 Å². The van der Waals surface area contributed by atoms with Crippen molar-refractivity contribution in [3.63, 3.8) is 0 Å². The van der Waals surface area contributed by atoms with Gasteiger partial charge in [0.2, 0.25) is 0 Å². The van der Waals surface area contributed by atoms with Crippen LogP contribution < -0.4 is 14.8 Å². The number of nitrogens with one attached hydrogen (secondary N) is 1. The quantitative estimate of drug-likeness (QED) is 0.687. The SMILES string of the molecule is COc1cc(CNC(C)(C)CO)ccc1OCc1ccc(F)cc1Cl.Cl. The van der Waals surface area contributed by atoms with Gasteiger partial charge in [0.1, 0.15) is 12.4 Å². The second-order valence-electron chi connectivity index (χ2n) is 6.41. The summed E-state index contributed by atoms with van der Waals surface area (Å²) in [5.41, 5.74) is 1.34. The number of methoxy groups -OCH3 is 1. The molecule has 0 fully saturated rings. The highest BCUT2D eigenvalue weighted by atomic mass is 35.5. The van der Waals surface area contributed by atoms with Crippen LogP contribution in [0.2, 0.25) is 5.02 Å². The van der Waals surface area contributed by atoms with Gasteiger partial charge >= 0.3 is 0 Å². The third-order valence-corrected chi connectivity index (χ3v) is 4.14. The second-order valence-corrected chi connectivity index (χ2v) is 6.81. The van der Waals surface area contributed by atoms with Crippen LogP contribution in [0.3, 0.4) is 0 Å². The van der Waals surface area contributed by atoms with Gasteiger partial charge in [0.05, 0.1) is 18.7 Å². The molecule has 0 bridgehead atoms. The molecule has 0 aliphatic rings. The zero-order valence-corrected chi connectivity index (χ0v) is 16.6. The van der Waals surface area contributed by atoms with Gasteiger partial charge in [-0.05, 0) is 43.7 Å². The maximum atomic E-state index is 13.1. The Balaban J connectivity index is 0.00000338. The lowest BCUT2D eigenvalue weighted by molar-refractivity contribution is 0.187. The first kappa shape index (κ1) is 22.5. The van der Waals surface area contributed by atoms with Gasteiger partial charge < -0.3 is 19.9 Å². The molecule has 0 unspecified atom stereocenters. The molecule has 144 valence electrons. The molecule has 0 spiro atoms. The van der Waals surface area contributed by atoms with E-state index in [1.165, 1.54) is 12.1 Å². The third kappa shape index (κ3) is 6.32. The molecule has 26 heavy (non-hydrogen) atoms. The van der Waals surface area contributed by atoms with E-state index < -0.39 is 0 Å². The van der Waals surface area contributed by atoms with Gasteiger partial charge in [-0.3, -0.25) is 0 Å². The highest BCUT2D eigenvalue weighted by molar-refractivity contribution is 6.31. The summed E-state index contributed by atoms with van der Waals surface area (Å²) in [5.74, 6) is 0.793. The zero-order chi connectivity index (χ0) is 18.4. The van der Waals surface area contributed by atoms with E-state index in [0.29, 0.717) is 28.6 Å². The second kappa shape index (κ2) is 9.97. The number of hydrogen-bond acceptors (Lipinski definition) is 4. The van der Waals surface area contributed by atoms with Gasteiger partial charge in [-0.1, -0.05) is 23.7 Å². The van der Waals surface area contributed by atoms with Crippen LogP contribution in [0.25, 0.3) is 0 Å². The van der Waals surface area contributed by atoms with Crippen LogP contribution in [0.1, 0.15) is 25.0 Å². The number of aliphatic hydroxyl groups is 1. The molecule has 0 atom stereocenters. The number of benzene rings is 2. The molecule has 0 aliphatic heterocycles. The standard InChI is InChI=1S/C19H23ClFNO3.ClH/c1-19(2,12-23)22-10-13-4-7-17(18(8-13)24-3)25-11-14-5-6-15(21)9-16(14)20;/h4-9,22-23H,10-12H2,1-3H3;1H. The van der Waals surface area contributed by atoms with Gasteiger partial charge in [0.15, 0.2) is 11.5 Å². The molecule has 2 rings (SSSR count). The molecule has 7 heteroatoms. The summed E-state index contributed by atoms with van der Waals surface area (Å²) in [6.45, 7) is 4.70. The van der Waals surface area contributed by atoms with Crippen LogP contribution in [-0.4, -0.2) is 24.4 Å². The molecule has 4 nitrogen and oxygen atoms in total. The minimum Gasteiger partial charge on any atom is -0.493 e. The Labute approximate surface area is 164 Å². The smallest absolute Gasteiger partial charge is 0.161 e. The van der Waals surface area contributed by atoms with Crippen LogP contribution in [0.4, 0.5) is 4.39 Å².